The Kier molecular flexibility index (Phi) is 7.09. The van der Waals surface area contributed by atoms with Gasteiger partial charge in [0.15, 0.2) is 0 Å². The summed E-state index contributed by atoms with van der Waals surface area (Å²) < 4.78 is 10.3. The monoisotopic (exact) mass is 204 g/mol. The van der Waals surface area contributed by atoms with Gasteiger partial charge in [0.25, 0.3) is 0 Å². The number of methoxy groups -OCH3 is 2. The molecular formula is C10H24N2O2. The van der Waals surface area contributed by atoms with Crippen LogP contribution in [-0.2, 0) is 9.47 Å². The first kappa shape index (κ1) is 13.8. The molecule has 0 heterocycles. The van der Waals surface area contributed by atoms with Crippen LogP contribution in [0.2, 0.25) is 0 Å². The topological polar surface area (TPSA) is 56.5 Å². The molecule has 0 saturated heterocycles. The maximum absolute atomic E-state index is 5.47. The van der Waals surface area contributed by atoms with Crippen LogP contribution in [0.15, 0.2) is 0 Å². The molecule has 0 fully saturated rings. The quantitative estimate of drug-likeness (QED) is 0.353. The number of hydrogen-bond acceptors (Lipinski definition) is 4. The zero-order valence-electron chi connectivity index (χ0n) is 9.80. The van der Waals surface area contributed by atoms with E-state index >= 15 is 0 Å². The standard InChI is InChI=1S/C10H24N2O2/c1-10(2,14-4)8-9(12-11)6-5-7-13-3/h9,12H,5-8,11H2,1-4H3. The Bertz CT molecular complexity index is 140. The van der Waals surface area contributed by atoms with E-state index < -0.39 is 0 Å². The fourth-order valence-corrected chi connectivity index (χ4v) is 1.40. The second kappa shape index (κ2) is 7.17. The van der Waals surface area contributed by atoms with E-state index in [1.165, 1.54) is 0 Å². The highest BCUT2D eigenvalue weighted by Gasteiger charge is 2.21. The molecule has 0 aromatic heterocycles. The van der Waals surface area contributed by atoms with Crippen molar-refractivity contribution in [2.75, 3.05) is 20.8 Å². The van der Waals surface area contributed by atoms with Crippen molar-refractivity contribution in [2.45, 2.75) is 44.8 Å². The lowest BCUT2D eigenvalue weighted by molar-refractivity contribution is 0.00568. The Balaban J connectivity index is 3.78. The maximum atomic E-state index is 5.47. The largest absolute Gasteiger partial charge is 0.385 e. The van der Waals surface area contributed by atoms with E-state index in [0.717, 1.165) is 25.9 Å². The maximum Gasteiger partial charge on any atom is 0.0638 e. The Morgan fingerprint density at radius 2 is 2.00 bits per heavy atom. The van der Waals surface area contributed by atoms with Crippen molar-refractivity contribution in [1.29, 1.82) is 0 Å². The normalized spacial score (nSPS) is 14.4. The lowest BCUT2D eigenvalue weighted by atomic mass is 9.96. The molecule has 0 radical (unpaired) electrons. The van der Waals surface area contributed by atoms with E-state index in [1.807, 2.05) is 0 Å². The first-order chi connectivity index (χ1) is 6.55. The Morgan fingerprint density at radius 3 is 2.43 bits per heavy atom. The van der Waals surface area contributed by atoms with Gasteiger partial charge in [-0.1, -0.05) is 0 Å². The molecule has 0 rings (SSSR count). The van der Waals surface area contributed by atoms with Gasteiger partial charge < -0.3 is 9.47 Å². The molecular weight excluding hydrogens is 180 g/mol. The van der Waals surface area contributed by atoms with Gasteiger partial charge >= 0.3 is 0 Å². The van der Waals surface area contributed by atoms with Crippen LogP contribution in [0.3, 0.4) is 0 Å². The third-order valence-electron chi connectivity index (χ3n) is 2.43. The second-order valence-corrected chi connectivity index (χ2v) is 4.17. The molecule has 0 aromatic carbocycles. The van der Waals surface area contributed by atoms with Gasteiger partial charge in [-0.3, -0.25) is 11.3 Å². The van der Waals surface area contributed by atoms with Crippen LogP contribution in [0.5, 0.6) is 0 Å². The van der Waals surface area contributed by atoms with Crippen LogP contribution < -0.4 is 11.3 Å². The van der Waals surface area contributed by atoms with E-state index in [2.05, 4.69) is 19.3 Å². The Labute approximate surface area is 87.1 Å². The Morgan fingerprint density at radius 1 is 1.36 bits per heavy atom. The summed E-state index contributed by atoms with van der Waals surface area (Å²) in [6, 6.07) is 0.292. The van der Waals surface area contributed by atoms with Crippen molar-refractivity contribution in [2.24, 2.45) is 5.84 Å². The van der Waals surface area contributed by atoms with Gasteiger partial charge in [0.1, 0.15) is 0 Å². The van der Waals surface area contributed by atoms with Gasteiger partial charge in [-0.2, -0.15) is 0 Å². The molecule has 0 spiro atoms. The van der Waals surface area contributed by atoms with Gasteiger partial charge in [0.05, 0.1) is 5.60 Å². The van der Waals surface area contributed by atoms with Crippen LogP contribution in [0.25, 0.3) is 0 Å². The van der Waals surface area contributed by atoms with Gasteiger partial charge in [-0.15, -0.1) is 0 Å². The zero-order valence-corrected chi connectivity index (χ0v) is 9.80. The van der Waals surface area contributed by atoms with Crippen molar-refractivity contribution >= 4 is 0 Å². The predicted octanol–water partition coefficient (Wildman–Crippen LogP) is 1.06. The lowest BCUT2D eigenvalue weighted by Crippen LogP contribution is -2.41. The average Bonchev–Trinajstić information content (AvgIpc) is 2.16. The SMILES string of the molecule is COCCCC(CC(C)(C)OC)NN. The third-order valence-corrected chi connectivity index (χ3v) is 2.43. The van der Waals surface area contributed by atoms with Gasteiger partial charge in [0, 0.05) is 26.9 Å². The summed E-state index contributed by atoms with van der Waals surface area (Å²) in [6.07, 6.45) is 2.94. The molecule has 0 saturated carbocycles. The van der Waals surface area contributed by atoms with Crippen molar-refractivity contribution in [1.82, 2.24) is 5.43 Å². The number of ether oxygens (including phenoxy) is 2. The average molecular weight is 204 g/mol. The number of rotatable bonds is 8. The summed E-state index contributed by atoms with van der Waals surface area (Å²) in [5.41, 5.74) is 2.69. The summed E-state index contributed by atoms with van der Waals surface area (Å²) in [5, 5.41) is 0. The van der Waals surface area contributed by atoms with Crippen molar-refractivity contribution in [3.63, 3.8) is 0 Å². The van der Waals surface area contributed by atoms with E-state index in [4.69, 9.17) is 15.3 Å². The molecule has 4 heteroatoms. The van der Waals surface area contributed by atoms with Gasteiger partial charge in [0.2, 0.25) is 0 Å². The fourth-order valence-electron chi connectivity index (χ4n) is 1.40. The van der Waals surface area contributed by atoms with Gasteiger partial charge in [-0.05, 0) is 33.1 Å². The van der Waals surface area contributed by atoms with Crippen LogP contribution in [0, 0.1) is 0 Å². The fraction of sp³-hybridized carbons (Fsp3) is 1.00. The minimum absolute atomic E-state index is 0.121. The van der Waals surface area contributed by atoms with Crippen LogP contribution in [0.1, 0.15) is 33.1 Å². The molecule has 14 heavy (non-hydrogen) atoms. The molecule has 0 aliphatic carbocycles. The third kappa shape index (κ3) is 6.32. The molecule has 4 nitrogen and oxygen atoms in total. The predicted molar refractivity (Wildman–Crippen MR) is 57.9 cm³/mol. The van der Waals surface area contributed by atoms with E-state index in [0.29, 0.717) is 6.04 Å². The summed E-state index contributed by atoms with van der Waals surface area (Å²) in [6.45, 7) is 4.91. The van der Waals surface area contributed by atoms with Crippen LogP contribution >= 0.6 is 0 Å². The van der Waals surface area contributed by atoms with E-state index in [-0.39, 0.29) is 5.60 Å². The Hall–Kier alpha value is -0.160. The molecule has 1 unspecified atom stereocenters. The van der Waals surface area contributed by atoms with Crippen molar-refractivity contribution in [3.8, 4) is 0 Å². The second-order valence-electron chi connectivity index (χ2n) is 4.17. The minimum Gasteiger partial charge on any atom is -0.385 e. The van der Waals surface area contributed by atoms with E-state index in [9.17, 15) is 0 Å². The highest BCUT2D eigenvalue weighted by Crippen LogP contribution is 2.17. The minimum atomic E-state index is -0.121. The molecule has 0 amide bonds. The number of nitrogens with one attached hydrogen (secondary N) is 1. The molecule has 86 valence electrons. The molecule has 0 aliphatic rings. The molecule has 0 aliphatic heterocycles. The smallest absolute Gasteiger partial charge is 0.0638 e. The molecule has 3 N–H and O–H groups in total. The van der Waals surface area contributed by atoms with Gasteiger partial charge in [-0.25, -0.2) is 0 Å². The summed E-state index contributed by atoms with van der Waals surface area (Å²) in [4.78, 5) is 0. The van der Waals surface area contributed by atoms with Crippen molar-refractivity contribution in [3.05, 3.63) is 0 Å². The molecule has 0 bridgehead atoms. The first-order valence-electron chi connectivity index (χ1n) is 5.06. The number of hydrazine groups is 1. The van der Waals surface area contributed by atoms with Crippen molar-refractivity contribution < 1.29 is 9.47 Å². The highest BCUT2D eigenvalue weighted by atomic mass is 16.5. The molecule has 0 aromatic rings. The highest BCUT2D eigenvalue weighted by molar-refractivity contribution is 4.76. The zero-order chi connectivity index (χ0) is 11.0. The lowest BCUT2D eigenvalue weighted by Gasteiger charge is -2.28. The summed E-state index contributed by atoms with van der Waals surface area (Å²) in [7, 11) is 3.44. The number of nitrogens with two attached hydrogens (primary N) is 1. The van der Waals surface area contributed by atoms with Crippen LogP contribution in [0.4, 0.5) is 0 Å². The summed E-state index contributed by atoms with van der Waals surface area (Å²) >= 11 is 0. The molecule has 1 atom stereocenters. The first-order valence-corrected chi connectivity index (χ1v) is 5.06. The number of hydrogen-bond donors (Lipinski definition) is 2. The summed E-state index contributed by atoms with van der Waals surface area (Å²) in [5.74, 6) is 5.47. The van der Waals surface area contributed by atoms with Crippen LogP contribution in [-0.4, -0.2) is 32.5 Å². The van der Waals surface area contributed by atoms with E-state index in [1.54, 1.807) is 14.2 Å².